The molecule has 0 aliphatic carbocycles. The van der Waals surface area contributed by atoms with Crippen LogP contribution in [-0.4, -0.2) is 29.9 Å². The van der Waals surface area contributed by atoms with Crippen LogP contribution in [0.2, 0.25) is 0 Å². The van der Waals surface area contributed by atoms with Gasteiger partial charge in [-0.1, -0.05) is 24.3 Å². The van der Waals surface area contributed by atoms with Gasteiger partial charge in [0.2, 0.25) is 17.7 Å². The van der Waals surface area contributed by atoms with E-state index in [1.54, 1.807) is 0 Å². The second kappa shape index (κ2) is 12.1. The van der Waals surface area contributed by atoms with E-state index in [0.29, 0.717) is 19.4 Å². The summed E-state index contributed by atoms with van der Waals surface area (Å²) >= 11 is 0. The fourth-order valence-corrected chi connectivity index (χ4v) is 2.76. The third kappa shape index (κ3) is 10.4. The lowest BCUT2D eigenvalue weighted by Gasteiger charge is -2.24. The Morgan fingerprint density at radius 1 is 1.00 bits per heavy atom. The lowest BCUT2D eigenvalue weighted by molar-refractivity contribution is -0.122. The molecular weight excluding hydrogens is 346 g/mol. The second-order valence-corrected chi connectivity index (χ2v) is 6.82. The van der Waals surface area contributed by atoms with E-state index in [-0.39, 0.29) is 30.4 Å². The zero-order chi connectivity index (χ0) is 20.2. The van der Waals surface area contributed by atoms with Gasteiger partial charge in [-0.3, -0.25) is 14.4 Å². The number of aryl methyl sites for hydroxylation is 1. The lowest BCUT2D eigenvalue weighted by atomic mass is 10.0. The smallest absolute Gasteiger partial charge is 0.217 e. The maximum Gasteiger partial charge on any atom is 0.217 e. The molecule has 27 heavy (non-hydrogen) atoms. The minimum absolute atomic E-state index is 0.166. The molecule has 0 saturated heterocycles. The van der Waals surface area contributed by atoms with Crippen molar-refractivity contribution in [2.24, 2.45) is 11.5 Å². The number of carbonyl (C=O) groups excluding carboxylic acids is 3. The molecule has 0 aliphatic heterocycles. The van der Waals surface area contributed by atoms with E-state index in [2.05, 4.69) is 5.32 Å². The third-order valence-electron chi connectivity index (χ3n) is 4.33. The lowest BCUT2D eigenvalue weighted by Crippen LogP contribution is -2.42. The quantitative estimate of drug-likeness (QED) is 0.451. The highest BCUT2D eigenvalue weighted by atomic mass is 16.5. The normalized spacial score (nSPS) is 13.0. The number of hydrogen-bond acceptors (Lipinski definition) is 4. The summed E-state index contributed by atoms with van der Waals surface area (Å²) < 4.78 is 5.87. The molecule has 1 aromatic carbocycles. The number of primary amides is 2. The number of benzene rings is 1. The molecule has 2 atom stereocenters. The molecular formula is C20H31N3O4. The molecule has 1 aromatic rings. The van der Waals surface area contributed by atoms with Crippen LogP contribution >= 0.6 is 0 Å². The van der Waals surface area contributed by atoms with Crippen molar-refractivity contribution in [3.8, 4) is 0 Å². The first-order valence-corrected chi connectivity index (χ1v) is 9.31. The Morgan fingerprint density at radius 2 is 1.59 bits per heavy atom. The van der Waals surface area contributed by atoms with E-state index in [1.165, 1.54) is 12.5 Å². The van der Waals surface area contributed by atoms with Crippen LogP contribution in [0.15, 0.2) is 24.3 Å². The largest absolute Gasteiger partial charge is 0.372 e. The number of nitrogens with one attached hydrogen (secondary N) is 1. The van der Waals surface area contributed by atoms with Gasteiger partial charge in [-0.25, -0.2) is 0 Å². The van der Waals surface area contributed by atoms with Crippen molar-refractivity contribution in [3.05, 3.63) is 35.4 Å². The van der Waals surface area contributed by atoms with Gasteiger partial charge in [0.1, 0.15) is 0 Å². The zero-order valence-electron chi connectivity index (χ0n) is 16.2. The summed E-state index contributed by atoms with van der Waals surface area (Å²) in [6, 6.07) is 7.84. The van der Waals surface area contributed by atoms with E-state index in [9.17, 15) is 14.4 Å². The summed E-state index contributed by atoms with van der Waals surface area (Å²) in [5, 5.41) is 2.81. The van der Waals surface area contributed by atoms with Gasteiger partial charge in [-0.2, -0.15) is 0 Å². The number of unbranched alkanes of at least 4 members (excludes halogenated alkanes) is 1. The molecule has 7 nitrogen and oxygen atoms in total. The van der Waals surface area contributed by atoms with Gasteiger partial charge in [0.05, 0.1) is 18.8 Å². The van der Waals surface area contributed by atoms with Crippen LogP contribution in [0, 0.1) is 0 Å². The minimum atomic E-state index is -0.399. The van der Waals surface area contributed by atoms with Crippen molar-refractivity contribution < 1.29 is 19.1 Å². The van der Waals surface area contributed by atoms with Gasteiger partial charge in [0, 0.05) is 19.8 Å². The molecule has 0 saturated carbocycles. The Balaban J connectivity index is 2.46. The maximum atomic E-state index is 11.4. The first-order chi connectivity index (χ1) is 12.8. The van der Waals surface area contributed by atoms with Crippen LogP contribution in [-0.2, 0) is 32.1 Å². The monoisotopic (exact) mass is 377 g/mol. The van der Waals surface area contributed by atoms with E-state index < -0.39 is 5.91 Å². The molecule has 0 aliphatic rings. The van der Waals surface area contributed by atoms with Crippen LogP contribution < -0.4 is 16.8 Å². The van der Waals surface area contributed by atoms with Gasteiger partial charge in [-0.15, -0.1) is 0 Å². The Labute approximate surface area is 160 Å². The van der Waals surface area contributed by atoms with Crippen molar-refractivity contribution in [2.45, 2.75) is 71.1 Å². The summed E-state index contributed by atoms with van der Waals surface area (Å²) in [5.74, 6) is -0.824. The minimum Gasteiger partial charge on any atom is -0.372 e. The molecule has 5 N–H and O–H groups in total. The Hall–Kier alpha value is -2.41. The Kier molecular flexibility index (Phi) is 10.1. The molecule has 150 valence electrons. The van der Waals surface area contributed by atoms with Crippen molar-refractivity contribution in [1.29, 1.82) is 0 Å². The fraction of sp³-hybridized carbons (Fsp3) is 0.550. The topological polar surface area (TPSA) is 125 Å². The second-order valence-electron chi connectivity index (χ2n) is 6.82. The van der Waals surface area contributed by atoms with Crippen LogP contribution in [0.5, 0.6) is 0 Å². The number of ether oxygens (including phenoxy) is 1. The molecule has 0 unspecified atom stereocenters. The molecule has 1 rings (SSSR count). The first-order valence-electron chi connectivity index (χ1n) is 9.31. The molecule has 0 spiro atoms. The van der Waals surface area contributed by atoms with Crippen molar-refractivity contribution in [2.75, 3.05) is 0 Å². The van der Waals surface area contributed by atoms with E-state index in [4.69, 9.17) is 16.2 Å². The van der Waals surface area contributed by atoms with Gasteiger partial charge in [-0.05, 0) is 43.7 Å². The fourth-order valence-electron chi connectivity index (χ4n) is 2.76. The summed E-state index contributed by atoms with van der Waals surface area (Å²) in [4.78, 5) is 33.1. The molecule has 3 amide bonds. The van der Waals surface area contributed by atoms with Crippen LogP contribution in [0.4, 0.5) is 0 Å². The summed E-state index contributed by atoms with van der Waals surface area (Å²) in [7, 11) is 0. The van der Waals surface area contributed by atoms with E-state index >= 15 is 0 Å². The average molecular weight is 377 g/mol. The van der Waals surface area contributed by atoms with Crippen molar-refractivity contribution in [3.63, 3.8) is 0 Å². The highest BCUT2D eigenvalue weighted by Crippen LogP contribution is 2.13. The molecule has 0 heterocycles. The Bertz CT molecular complexity index is 616. The Morgan fingerprint density at radius 3 is 2.15 bits per heavy atom. The third-order valence-corrected chi connectivity index (χ3v) is 4.33. The van der Waals surface area contributed by atoms with Crippen LogP contribution in [0.25, 0.3) is 0 Å². The highest BCUT2D eigenvalue weighted by Gasteiger charge is 2.19. The molecule has 7 heteroatoms. The zero-order valence-corrected chi connectivity index (χ0v) is 16.2. The summed E-state index contributed by atoms with van der Waals surface area (Å²) in [6.07, 6.45) is 3.45. The average Bonchev–Trinajstić information content (AvgIpc) is 2.60. The van der Waals surface area contributed by atoms with Gasteiger partial charge in [0.15, 0.2) is 0 Å². The first kappa shape index (κ1) is 22.6. The summed E-state index contributed by atoms with van der Waals surface area (Å²) in [5.41, 5.74) is 12.6. The van der Waals surface area contributed by atoms with Crippen molar-refractivity contribution >= 4 is 17.7 Å². The van der Waals surface area contributed by atoms with Crippen molar-refractivity contribution in [1.82, 2.24) is 5.32 Å². The summed E-state index contributed by atoms with van der Waals surface area (Å²) in [6.45, 7) is 3.72. The van der Waals surface area contributed by atoms with Gasteiger partial charge >= 0.3 is 0 Å². The number of nitrogens with two attached hydrogens (primary N) is 2. The molecule has 0 radical (unpaired) electrons. The number of rotatable bonds is 13. The molecule has 0 bridgehead atoms. The van der Waals surface area contributed by atoms with E-state index in [0.717, 1.165) is 24.8 Å². The SMILES string of the molecule is CC(=O)N[C@@H](CCC(N)=O)[C@@H](C)OCc1ccc(CCCCC(N)=O)cc1. The maximum absolute atomic E-state index is 11.4. The predicted octanol–water partition coefficient (Wildman–Crippen LogP) is 1.56. The van der Waals surface area contributed by atoms with Crippen LogP contribution in [0.1, 0.15) is 57.1 Å². The standard InChI is InChI=1S/C20H31N3O4/c1-14(18(23-15(2)24)11-12-20(22)26)27-13-17-9-7-16(8-10-17)5-3-4-6-19(21)25/h7-10,14,18H,3-6,11-13H2,1-2H3,(H2,21,25)(H2,22,26)(H,23,24)/t14-,18+/m1/s1. The predicted molar refractivity (Wildman–Crippen MR) is 103 cm³/mol. The van der Waals surface area contributed by atoms with Crippen LogP contribution in [0.3, 0.4) is 0 Å². The van der Waals surface area contributed by atoms with Gasteiger partial charge < -0.3 is 21.5 Å². The van der Waals surface area contributed by atoms with E-state index in [1.807, 2.05) is 31.2 Å². The molecule has 0 fully saturated rings. The van der Waals surface area contributed by atoms with Gasteiger partial charge in [0.25, 0.3) is 0 Å². The number of carbonyl (C=O) groups is 3. The number of hydrogen-bond donors (Lipinski definition) is 3. The molecule has 0 aromatic heterocycles. The number of amides is 3. The highest BCUT2D eigenvalue weighted by molar-refractivity contribution is 5.75.